The highest BCUT2D eigenvalue weighted by molar-refractivity contribution is 7.23. The average Bonchev–Trinajstić information content (AvgIpc) is 3.03. The number of carbonyl (C=O) groups is 2. The van der Waals surface area contributed by atoms with E-state index in [0.717, 1.165) is 20.4 Å². The fourth-order valence-electron chi connectivity index (χ4n) is 2.54. The fraction of sp³-hybridized carbons (Fsp3) is 0.444. The maximum Gasteiger partial charge on any atom is 0.226 e. The summed E-state index contributed by atoms with van der Waals surface area (Å²) >= 11 is 2.87. The molecule has 2 heterocycles. The van der Waals surface area contributed by atoms with E-state index < -0.39 is 0 Å². The number of hydrogen-bond acceptors (Lipinski definition) is 6. The molecule has 0 aliphatic rings. The van der Waals surface area contributed by atoms with Crippen LogP contribution in [-0.2, 0) is 9.59 Å². The Bertz CT molecular complexity index is 834. The summed E-state index contributed by atoms with van der Waals surface area (Å²) in [5, 5.41) is 6.93. The summed E-state index contributed by atoms with van der Waals surface area (Å²) in [5.74, 6) is 0.578. The Morgan fingerprint density at radius 3 is 1.58 bits per heavy atom. The molecular formula is C18H22N4O2S2. The quantitative estimate of drug-likeness (QED) is 0.628. The molecule has 138 valence electrons. The number of aromatic nitrogens is 2. The Hall–Kier alpha value is -2.06. The first-order chi connectivity index (χ1) is 12.3. The topological polar surface area (TPSA) is 84.0 Å². The maximum absolute atomic E-state index is 11.9. The number of benzene rings is 1. The number of anilines is 2. The normalized spacial score (nSPS) is 11.6. The molecule has 2 aromatic heterocycles. The number of rotatable bonds is 6. The molecule has 3 aromatic rings. The minimum Gasteiger partial charge on any atom is -0.302 e. The largest absolute Gasteiger partial charge is 0.302 e. The first kappa shape index (κ1) is 18.7. The minimum absolute atomic E-state index is 0.0193. The number of carbonyl (C=O) groups excluding carboxylic acids is 2. The van der Waals surface area contributed by atoms with Crippen LogP contribution in [0, 0.1) is 11.8 Å². The fourth-order valence-corrected chi connectivity index (χ4v) is 4.33. The van der Waals surface area contributed by atoms with Gasteiger partial charge in [-0.1, -0.05) is 50.4 Å². The molecule has 0 saturated heterocycles. The van der Waals surface area contributed by atoms with Gasteiger partial charge < -0.3 is 10.6 Å². The van der Waals surface area contributed by atoms with Crippen molar-refractivity contribution in [3.05, 3.63) is 12.1 Å². The maximum atomic E-state index is 11.9. The van der Waals surface area contributed by atoms with Crippen LogP contribution in [0.1, 0.15) is 40.5 Å². The molecule has 1 aromatic carbocycles. The molecule has 0 saturated carbocycles. The van der Waals surface area contributed by atoms with Gasteiger partial charge in [-0.25, -0.2) is 9.97 Å². The van der Waals surface area contributed by atoms with Crippen LogP contribution in [0.25, 0.3) is 20.4 Å². The smallest absolute Gasteiger partial charge is 0.226 e. The van der Waals surface area contributed by atoms with Gasteiger partial charge in [-0.2, -0.15) is 0 Å². The van der Waals surface area contributed by atoms with Crippen molar-refractivity contribution in [2.45, 2.75) is 40.5 Å². The van der Waals surface area contributed by atoms with Crippen molar-refractivity contribution >= 4 is 65.2 Å². The SMILES string of the molecule is CC(C)CC(=O)Nc1nc2cc3sc(NC(=O)CC(C)C)nc3cc2s1. The van der Waals surface area contributed by atoms with Crippen LogP contribution < -0.4 is 10.6 Å². The molecule has 0 aliphatic carbocycles. The summed E-state index contributed by atoms with van der Waals surface area (Å²) in [6.07, 6.45) is 0.956. The standard InChI is InChI=1S/C18H22N4O2S2/c1-9(2)5-15(23)21-17-19-11-7-14-12(8-13(11)25-17)20-18(26-14)22-16(24)6-10(3)4/h7-10H,5-6H2,1-4H3,(H,19,21,23)(H,20,22,24). The van der Waals surface area contributed by atoms with Crippen molar-refractivity contribution in [1.82, 2.24) is 9.97 Å². The second kappa shape index (κ2) is 7.67. The molecule has 8 heteroatoms. The van der Waals surface area contributed by atoms with Gasteiger partial charge in [0.15, 0.2) is 10.3 Å². The number of thiazole rings is 2. The number of nitrogens with one attached hydrogen (secondary N) is 2. The lowest BCUT2D eigenvalue weighted by Crippen LogP contribution is -2.13. The summed E-state index contributed by atoms with van der Waals surface area (Å²) in [5.41, 5.74) is 1.65. The molecule has 0 atom stereocenters. The Labute approximate surface area is 160 Å². The molecule has 0 spiro atoms. The van der Waals surface area contributed by atoms with Crippen LogP contribution in [0.2, 0.25) is 0 Å². The third-order valence-electron chi connectivity index (χ3n) is 3.58. The van der Waals surface area contributed by atoms with Crippen molar-refractivity contribution in [3.63, 3.8) is 0 Å². The minimum atomic E-state index is -0.0193. The van der Waals surface area contributed by atoms with Crippen molar-refractivity contribution in [1.29, 1.82) is 0 Å². The van der Waals surface area contributed by atoms with E-state index >= 15 is 0 Å². The number of fused-ring (bicyclic) bond motifs is 2. The molecule has 3 rings (SSSR count). The molecule has 0 bridgehead atoms. The van der Waals surface area contributed by atoms with E-state index in [9.17, 15) is 9.59 Å². The predicted octanol–water partition coefficient (Wildman–Crippen LogP) is 4.88. The molecule has 0 unspecified atom stereocenters. The highest BCUT2D eigenvalue weighted by atomic mass is 32.1. The molecule has 6 nitrogen and oxygen atoms in total. The molecule has 2 amide bonds. The van der Waals surface area contributed by atoms with Crippen LogP contribution in [0.3, 0.4) is 0 Å². The third kappa shape index (κ3) is 4.56. The zero-order valence-corrected chi connectivity index (χ0v) is 16.9. The molecular weight excluding hydrogens is 368 g/mol. The van der Waals surface area contributed by atoms with Gasteiger partial charge in [0, 0.05) is 12.8 Å². The van der Waals surface area contributed by atoms with E-state index in [2.05, 4.69) is 20.6 Å². The van der Waals surface area contributed by atoms with Gasteiger partial charge in [-0.05, 0) is 24.0 Å². The number of hydrogen-bond donors (Lipinski definition) is 2. The van der Waals surface area contributed by atoms with E-state index in [0.29, 0.717) is 34.9 Å². The zero-order valence-electron chi connectivity index (χ0n) is 15.3. The lowest BCUT2D eigenvalue weighted by atomic mass is 10.1. The second-order valence-corrected chi connectivity index (χ2v) is 9.18. The van der Waals surface area contributed by atoms with Crippen molar-refractivity contribution in [3.8, 4) is 0 Å². The Morgan fingerprint density at radius 1 is 0.846 bits per heavy atom. The number of nitrogens with zero attached hydrogens (tertiary/aromatic N) is 2. The first-order valence-electron chi connectivity index (χ1n) is 8.61. The van der Waals surface area contributed by atoms with E-state index in [1.165, 1.54) is 22.7 Å². The summed E-state index contributed by atoms with van der Waals surface area (Å²) in [4.78, 5) is 32.8. The summed E-state index contributed by atoms with van der Waals surface area (Å²) in [6.45, 7) is 8.04. The van der Waals surface area contributed by atoms with Gasteiger partial charge >= 0.3 is 0 Å². The van der Waals surface area contributed by atoms with Crippen LogP contribution in [0.15, 0.2) is 12.1 Å². The molecule has 0 aliphatic heterocycles. The van der Waals surface area contributed by atoms with Crippen molar-refractivity contribution in [2.75, 3.05) is 10.6 Å². The molecule has 0 fully saturated rings. The van der Waals surface area contributed by atoms with Crippen molar-refractivity contribution < 1.29 is 9.59 Å². The third-order valence-corrected chi connectivity index (χ3v) is 5.44. The first-order valence-corrected chi connectivity index (χ1v) is 10.2. The van der Waals surface area contributed by atoms with E-state index in [1.54, 1.807) is 0 Å². The van der Waals surface area contributed by atoms with E-state index in [4.69, 9.17) is 0 Å². The Kier molecular flexibility index (Phi) is 5.52. The lowest BCUT2D eigenvalue weighted by Gasteiger charge is -2.03. The summed E-state index contributed by atoms with van der Waals surface area (Å²) in [6, 6.07) is 3.91. The summed E-state index contributed by atoms with van der Waals surface area (Å²) in [7, 11) is 0. The number of amides is 2. The van der Waals surface area contributed by atoms with Crippen molar-refractivity contribution in [2.24, 2.45) is 11.8 Å². The average molecular weight is 391 g/mol. The van der Waals surface area contributed by atoms with Crippen LogP contribution in [0.4, 0.5) is 10.3 Å². The van der Waals surface area contributed by atoms with Gasteiger partial charge in [-0.15, -0.1) is 0 Å². The lowest BCUT2D eigenvalue weighted by molar-refractivity contribution is -0.117. The van der Waals surface area contributed by atoms with E-state index in [1.807, 2.05) is 39.8 Å². The highest BCUT2D eigenvalue weighted by Gasteiger charge is 2.13. The molecule has 0 radical (unpaired) electrons. The van der Waals surface area contributed by atoms with E-state index in [-0.39, 0.29) is 11.8 Å². The monoisotopic (exact) mass is 390 g/mol. The van der Waals surface area contributed by atoms with Crippen LogP contribution >= 0.6 is 22.7 Å². The predicted molar refractivity (Wildman–Crippen MR) is 109 cm³/mol. The highest BCUT2D eigenvalue weighted by Crippen LogP contribution is 2.34. The summed E-state index contributed by atoms with van der Waals surface area (Å²) < 4.78 is 1.92. The zero-order chi connectivity index (χ0) is 18.8. The van der Waals surface area contributed by atoms with Gasteiger partial charge in [0.2, 0.25) is 11.8 Å². The van der Waals surface area contributed by atoms with Gasteiger partial charge in [0.05, 0.1) is 20.4 Å². The molecule has 2 N–H and O–H groups in total. The second-order valence-electron chi connectivity index (χ2n) is 7.12. The Balaban J connectivity index is 1.79. The Morgan fingerprint density at radius 2 is 1.23 bits per heavy atom. The van der Waals surface area contributed by atoms with Gasteiger partial charge in [-0.3, -0.25) is 9.59 Å². The van der Waals surface area contributed by atoms with Gasteiger partial charge in [0.25, 0.3) is 0 Å². The molecule has 26 heavy (non-hydrogen) atoms. The van der Waals surface area contributed by atoms with Crippen LogP contribution in [0.5, 0.6) is 0 Å². The van der Waals surface area contributed by atoms with Gasteiger partial charge in [0.1, 0.15) is 0 Å². The van der Waals surface area contributed by atoms with Crippen LogP contribution in [-0.4, -0.2) is 21.8 Å².